The highest BCUT2D eigenvalue weighted by molar-refractivity contribution is 7.90. The van der Waals surface area contributed by atoms with E-state index in [1.54, 1.807) is 0 Å². The fourth-order valence-corrected chi connectivity index (χ4v) is 2.82. The predicted molar refractivity (Wildman–Crippen MR) is 72.1 cm³/mol. The molecule has 0 saturated carbocycles. The van der Waals surface area contributed by atoms with Gasteiger partial charge in [0, 0.05) is 6.54 Å². The lowest BCUT2D eigenvalue weighted by atomic mass is 10.1. The third-order valence-electron chi connectivity index (χ3n) is 2.69. The monoisotopic (exact) mass is 285 g/mol. The summed E-state index contributed by atoms with van der Waals surface area (Å²) in [5.41, 5.74) is 0.337. The minimum Gasteiger partial charge on any atom is -0.324 e. The van der Waals surface area contributed by atoms with Crippen LogP contribution < -0.4 is 10.0 Å². The van der Waals surface area contributed by atoms with Gasteiger partial charge < -0.3 is 5.32 Å². The minimum absolute atomic E-state index is 0.102. The van der Waals surface area contributed by atoms with Crippen molar-refractivity contribution in [2.45, 2.75) is 25.2 Å². The molecule has 19 heavy (non-hydrogen) atoms. The molecule has 0 aromatic heterocycles. The van der Waals surface area contributed by atoms with Crippen molar-refractivity contribution >= 4 is 21.7 Å². The van der Waals surface area contributed by atoms with Gasteiger partial charge in [0.05, 0.1) is 5.69 Å². The Hall–Kier alpha value is -1.63. The molecule has 104 valence electrons. The summed E-state index contributed by atoms with van der Waals surface area (Å²) in [5, 5.41) is 2.85. The predicted octanol–water partition coefficient (Wildman–Crippen LogP) is 1.93. The Labute approximate surface area is 112 Å². The summed E-state index contributed by atoms with van der Waals surface area (Å²) in [6.45, 7) is 4.66. The smallest absolute Gasteiger partial charge is 0.266 e. The van der Waals surface area contributed by atoms with Gasteiger partial charge in [-0.2, -0.15) is 0 Å². The third-order valence-corrected chi connectivity index (χ3v) is 4.07. The van der Waals surface area contributed by atoms with Gasteiger partial charge in [0.15, 0.2) is 0 Å². The van der Waals surface area contributed by atoms with Gasteiger partial charge in [0.25, 0.3) is 10.0 Å². The highest BCUT2D eigenvalue weighted by atomic mass is 32.2. The van der Waals surface area contributed by atoms with Crippen molar-refractivity contribution in [3.8, 4) is 0 Å². The number of benzene rings is 1. The SMILES string of the molecule is CC(C)CCN=C1Nc2ccc(F)cc2S(=O)(=O)N1. The highest BCUT2D eigenvalue weighted by Crippen LogP contribution is 2.25. The lowest BCUT2D eigenvalue weighted by Crippen LogP contribution is -2.41. The molecule has 2 rings (SSSR count). The van der Waals surface area contributed by atoms with Crippen LogP contribution in [0.25, 0.3) is 0 Å². The number of rotatable bonds is 3. The number of guanidine groups is 1. The average Bonchev–Trinajstić information content (AvgIpc) is 2.29. The summed E-state index contributed by atoms with van der Waals surface area (Å²) < 4.78 is 39.2. The summed E-state index contributed by atoms with van der Waals surface area (Å²) in [6, 6.07) is 3.58. The topological polar surface area (TPSA) is 70.6 Å². The average molecular weight is 285 g/mol. The molecule has 0 unspecified atom stereocenters. The molecule has 1 heterocycles. The second-order valence-electron chi connectivity index (χ2n) is 4.78. The fourth-order valence-electron chi connectivity index (χ4n) is 1.66. The number of halogens is 1. The zero-order valence-corrected chi connectivity index (χ0v) is 11.6. The Morgan fingerprint density at radius 2 is 2.11 bits per heavy atom. The first-order chi connectivity index (χ1) is 8.88. The Morgan fingerprint density at radius 1 is 1.37 bits per heavy atom. The summed E-state index contributed by atoms with van der Waals surface area (Å²) >= 11 is 0. The molecular weight excluding hydrogens is 269 g/mol. The van der Waals surface area contributed by atoms with Crippen molar-refractivity contribution in [3.63, 3.8) is 0 Å². The largest absolute Gasteiger partial charge is 0.324 e. The summed E-state index contributed by atoms with van der Waals surface area (Å²) in [6.07, 6.45) is 0.864. The van der Waals surface area contributed by atoms with Crippen molar-refractivity contribution in [2.24, 2.45) is 10.9 Å². The molecule has 1 aromatic carbocycles. The summed E-state index contributed by atoms with van der Waals surface area (Å²) in [4.78, 5) is 4.06. The van der Waals surface area contributed by atoms with Crippen LogP contribution in [0.2, 0.25) is 0 Å². The van der Waals surface area contributed by atoms with Crippen LogP contribution in [0, 0.1) is 11.7 Å². The van der Waals surface area contributed by atoms with Crippen LogP contribution in [-0.4, -0.2) is 20.9 Å². The van der Waals surface area contributed by atoms with Gasteiger partial charge in [-0.25, -0.2) is 17.5 Å². The number of nitrogens with zero attached hydrogens (tertiary/aromatic N) is 1. The molecule has 0 atom stereocenters. The van der Waals surface area contributed by atoms with Crippen LogP contribution in [0.3, 0.4) is 0 Å². The van der Waals surface area contributed by atoms with Crippen molar-refractivity contribution in [2.75, 3.05) is 11.9 Å². The number of hydrogen-bond acceptors (Lipinski definition) is 3. The van der Waals surface area contributed by atoms with Gasteiger partial charge in [-0.05, 0) is 30.5 Å². The number of sulfonamides is 1. The van der Waals surface area contributed by atoms with Crippen LogP contribution in [0.5, 0.6) is 0 Å². The van der Waals surface area contributed by atoms with E-state index in [4.69, 9.17) is 0 Å². The minimum atomic E-state index is -3.75. The molecule has 5 nitrogen and oxygen atoms in total. The first kappa shape index (κ1) is 13.8. The zero-order valence-electron chi connectivity index (χ0n) is 10.8. The zero-order chi connectivity index (χ0) is 14.0. The van der Waals surface area contributed by atoms with Crippen LogP contribution in [0.4, 0.5) is 10.1 Å². The molecule has 0 bridgehead atoms. The van der Waals surface area contributed by atoms with Crippen LogP contribution >= 0.6 is 0 Å². The second kappa shape index (κ2) is 5.16. The maximum absolute atomic E-state index is 13.1. The molecule has 1 aromatic rings. The van der Waals surface area contributed by atoms with Crippen molar-refractivity contribution < 1.29 is 12.8 Å². The molecule has 0 radical (unpaired) electrons. The van der Waals surface area contributed by atoms with E-state index in [9.17, 15) is 12.8 Å². The number of aliphatic imine (C=N–C) groups is 1. The van der Waals surface area contributed by atoms with Crippen LogP contribution in [0.1, 0.15) is 20.3 Å². The molecule has 0 aliphatic carbocycles. The Balaban J connectivity index is 2.26. The lowest BCUT2D eigenvalue weighted by Gasteiger charge is -2.21. The molecule has 7 heteroatoms. The normalized spacial score (nSPS) is 18.8. The van der Waals surface area contributed by atoms with E-state index in [0.717, 1.165) is 12.5 Å². The van der Waals surface area contributed by atoms with E-state index in [0.29, 0.717) is 18.2 Å². The third kappa shape index (κ3) is 3.23. The second-order valence-corrected chi connectivity index (χ2v) is 6.43. The van der Waals surface area contributed by atoms with E-state index < -0.39 is 15.8 Å². The first-order valence-electron chi connectivity index (χ1n) is 6.02. The van der Waals surface area contributed by atoms with Gasteiger partial charge in [0.2, 0.25) is 5.96 Å². The standard InChI is InChI=1S/C12H16FN3O2S/c1-8(2)5-6-14-12-15-10-4-3-9(13)7-11(10)19(17,18)16-12/h3-4,7-8H,5-6H2,1-2H3,(H2,14,15,16). The Bertz CT molecular complexity index is 611. The molecule has 0 amide bonds. The van der Waals surface area contributed by atoms with E-state index in [1.807, 2.05) is 0 Å². The maximum atomic E-state index is 13.1. The molecule has 0 saturated heterocycles. The van der Waals surface area contributed by atoms with E-state index in [-0.39, 0.29) is 10.9 Å². The number of fused-ring (bicyclic) bond motifs is 1. The fraction of sp³-hybridized carbons (Fsp3) is 0.417. The molecule has 0 fully saturated rings. The van der Waals surface area contributed by atoms with Crippen molar-refractivity contribution in [3.05, 3.63) is 24.0 Å². The Kier molecular flexibility index (Phi) is 3.75. The van der Waals surface area contributed by atoms with Crippen molar-refractivity contribution in [1.82, 2.24) is 4.72 Å². The number of nitrogens with one attached hydrogen (secondary N) is 2. The van der Waals surface area contributed by atoms with Gasteiger partial charge >= 0.3 is 0 Å². The highest BCUT2D eigenvalue weighted by Gasteiger charge is 2.26. The van der Waals surface area contributed by atoms with Gasteiger partial charge in [-0.3, -0.25) is 4.99 Å². The van der Waals surface area contributed by atoms with Crippen molar-refractivity contribution in [1.29, 1.82) is 0 Å². The van der Waals surface area contributed by atoms with Gasteiger partial charge in [0.1, 0.15) is 10.7 Å². The van der Waals surface area contributed by atoms with E-state index in [1.165, 1.54) is 12.1 Å². The van der Waals surface area contributed by atoms with Crippen LogP contribution in [-0.2, 0) is 10.0 Å². The van der Waals surface area contributed by atoms with E-state index >= 15 is 0 Å². The molecule has 1 aliphatic rings. The molecular formula is C12H16FN3O2S. The number of hydrogen-bond donors (Lipinski definition) is 2. The number of anilines is 1. The van der Waals surface area contributed by atoms with Gasteiger partial charge in [-0.15, -0.1) is 0 Å². The van der Waals surface area contributed by atoms with Crippen LogP contribution in [0.15, 0.2) is 28.1 Å². The first-order valence-corrected chi connectivity index (χ1v) is 7.50. The molecule has 2 N–H and O–H groups in total. The lowest BCUT2D eigenvalue weighted by molar-refractivity contribution is 0.585. The van der Waals surface area contributed by atoms with Gasteiger partial charge in [-0.1, -0.05) is 13.8 Å². The molecule has 0 spiro atoms. The summed E-state index contributed by atoms with van der Waals surface area (Å²) in [7, 11) is -3.75. The quantitative estimate of drug-likeness (QED) is 0.891. The maximum Gasteiger partial charge on any atom is 0.266 e. The Morgan fingerprint density at radius 3 is 2.79 bits per heavy atom. The molecule has 1 aliphatic heterocycles. The summed E-state index contributed by atoms with van der Waals surface area (Å²) in [5.74, 6) is 0.0804. The van der Waals surface area contributed by atoms with E-state index in [2.05, 4.69) is 28.9 Å².